The number of benzene rings is 5. The highest BCUT2D eigenvalue weighted by Gasteiger charge is 2.47. The van der Waals surface area contributed by atoms with Gasteiger partial charge in [-0.15, -0.1) is 0 Å². The van der Waals surface area contributed by atoms with Crippen molar-refractivity contribution in [3.8, 4) is 5.69 Å². The molecule has 0 N–H and O–H groups in total. The molecule has 0 aliphatic carbocycles. The molecule has 2 aliphatic heterocycles. The minimum Gasteiger partial charge on any atom is -0.447 e. The number of furan rings is 2. The lowest BCUT2D eigenvalue weighted by molar-refractivity contribution is 0.576. The molecule has 0 spiro atoms. The predicted octanol–water partition coefficient (Wildman–Crippen LogP) is 12.9. The van der Waals surface area contributed by atoms with Crippen LogP contribution in [0.5, 0.6) is 0 Å². The normalized spacial score (nSPS) is 14.6. The summed E-state index contributed by atoms with van der Waals surface area (Å²) in [6, 6.07) is 33.3. The van der Waals surface area contributed by atoms with Crippen molar-refractivity contribution in [3.63, 3.8) is 0 Å². The summed E-state index contributed by atoms with van der Waals surface area (Å²) in [7, 11) is 0. The fourth-order valence-corrected chi connectivity index (χ4v) is 10.8. The van der Waals surface area contributed by atoms with E-state index in [1.807, 2.05) is 12.5 Å². The number of nitrogens with zero attached hydrogens (tertiary/aromatic N) is 3. The highest BCUT2D eigenvalue weighted by molar-refractivity contribution is 7.01. The summed E-state index contributed by atoms with van der Waals surface area (Å²) in [6.45, 7) is 27.9. The van der Waals surface area contributed by atoms with E-state index in [4.69, 9.17) is 8.83 Å². The van der Waals surface area contributed by atoms with Gasteiger partial charge in [-0.2, -0.15) is 0 Å². The number of hydrogen-bond donors (Lipinski definition) is 0. The largest absolute Gasteiger partial charge is 0.447 e. The highest BCUT2D eigenvalue weighted by Crippen LogP contribution is 2.53. The maximum Gasteiger partial charge on any atom is 0.252 e. The zero-order valence-corrected chi connectivity index (χ0v) is 37.0. The predicted molar refractivity (Wildman–Crippen MR) is 254 cm³/mol. The van der Waals surface area contributed by atoms with E-state index in [0.717, 1.165) is 33.4 Å². The van der Waals surface area contributed by atoms with Gasteiger partial charge in [-0.3, -0.25) is 0 Å². The van der Waals surface area contributed by atoms with Gasteiger partial charge in [0, 0.05) is 38.4 Å². The molecule has 5 nitrogen and oxygen atoms in total. The van der Waals surface area contributed by atoms with Gasteiger partial charge in [0.05, 0.1) is 45.7 Å². The minimum atomic E-state index is -0.0701. The van der Waals surface area contributed by atoms with Crippen molar-refractivity contribution in [2.75, 3.05) is 4.90 Å². The third-order valence-electron chi connectivity index (χ3n) is 14.0. The molecule has 0 fully saturated rings. The average molecular weight is 786 g/mol. The van der Waals surface area contributed by atoms with Gasteiger partial charge in [0.1, 0.15) is 0 Å². The number of fused-ring (bicyclic) bond motifs is 15. The Morgan fingerprint density at radius 2 is 1.00 bits per heavy atom. The topological polar surface area (TPSA) is 38.9 Å². The van der Waals surface area contributed by atoms with Gasteiger partial charge in [0.2, 0.25) is 11.4 Å². The van der Waals surface area contributed by atoms with Crippen LogP contribution in [0.4, 0.5) is 17.1 Å². The molecule has 0 amide bonds. The van der Waals surface area contributed by atoms with Crippen LogP contribution in [0.2, 0.25) is 0 Å². The monoisotopic (exact) mass is 785 g/mol. The molecule has 0 saturated carbocycles. The first-order valence-corrected chi connectivity index (χ1v) is 21.7. The molecule has 12 rings (SSSR count). The molecule has 6 heteroatoms. The van der Waals surface area contributed by atoms with Crippen LogP contribution >= 0.6 is 0 Å². The van der Waals surface area contributed by atoms with E-state index in [1.54, 1.807) is 0 Å². The number of anilines is 3. The van der Waals surface area contributed by atoms with E-state index in [1.165, 1.54) is 88.3 Å². The Morgan fingerprint density at radius 3 is 1.62 bits per heavy atom. The molecule has 0 atom stereocenters. The Labute approximate surface area is 352 Å². The second-order valence-electron chi connectivity index (χ2n) is 21.9. The van der Waals surface area contributed by atoms with Gasteiger partial charge in [0.25, 0.3) is 6.71 Å². The maximum absolute atomic E-state index is 6.46. The quantitative estimate of drug-likeness (QED) is 0.156. The fraction of sp³-hybridized carbons (Fsp3) is 0.296. The molecular weight excluding hydrogens is 733 g/mol. The van der Waals surface area contributed by atoms with Crippen LogP contribution in [-0.2, 0) is 21.7 Å². The molecule has 5 aromatic carbocycles. The maximum atomic E-state index is 6.46. The summed E-state index contributed by atoms with van der Waals surface area (Å²) in [6.07, 6.45) is 3.69. The summed E-state index contributed by atoms with van der Waals surface area (Å²) in [5.41, 5.74) is 19.5. The van der Waals surface area contributed by atoms with Crippen LogP contribution in [-0.4, -0.2) is 15.7 Å². The van der Waals surface area contributed by atoms with E-state index >= 15 is 0 Å². The van der Waals surface area contributed by atoms with Crippen LogP contribution in [0.1, 0.15) is 105 Å². The first-order valence-electron chi connectivity index (χ1n) is 21.7. The fourth-order valence-electron chi connectivity index (χ4n) is 10.8. The zero-order valence-electron chi connectivity index (χ0n) is 37.0. The van der Waals surface area contributed by atoms with Crippen LogP contribution in [0.3, 0.4) is 0 Å². The first-order chi connectivity index (χ1) is 28.3. The van der Waals surface area contributed by atoms with E-state index in [0.29, 0.717) is 0 Å². The molecular formula is C54H52BN3O2. The van der Waals surface area contributed by atoms with Crippen molar-refractivity contribution >= 4 is 100 Å². The van der Waals surface area contributed by atoms with Gasteiger partial charge in [-0.1, -0.05) is 119 Å². The van der Waals surface area contributed by atoms with Crippen LogP contribution in [0, 0.1) is 0 Å². The van der Waals surface area contributed by atoms with Crippen LogP contribution in [0.15, 0.2) is 106 Å². The Bertz CT molecular complexity index is 3470. The third-order valence-corrected chi connectivity index (χ3v) is 14.0. The number of aromatic nitrogens is 2. The van der Waals surface area contributed by atoms with Crippen LogP contribution in [0.25, 0.3) is 66.0 Å². The van der Waals surface area contributed by atoms with Crippen molar-refractivity contribution in [1.29, 1.82) is 0 Å². The Hall–Kier alpha value is -5.88. The molecule has 10 aromatic rings. The molecule has 298 valence electrons. The summed E-state index contributed by atoms with van der Waals surface area (Å²) in [5.74, 6) is 0. The molecule has 5 aromatic heterocycles. The molecule has 0 radical (unpaired) electrons. The molecule has 60 heavy (non-hydrogen) atoms. The van der Waals surface area contributed by atoms with Crippen molar-refractivity contribution in [3.05, 3.63) is 120 Å². The molecule has 0 bridgehead atoms. The van der Waals surface area contributed by atoms with E-state index in [-0.39, 0.29) is 28.4 Å². The van der Waals surface area contributed by atoms with Crippen LogP contribution < -0.4 is 21.3 Å². The van der Waals surface area contributed by atoms with Gasteiger partial charge < -0.3 is 18.3 Å². The lowest BCUT2D eigenvalue weighted by Gasteiger charge is -2.42. The van der Waals surface area contributed by atoms with E-state index in [9.17, 15) is 0 Å². The first kappa shape index (κ1) is 36.0. The Kier molecular flexibility index (Phi) is 6.65. The number of hydrogen-bond acceptors (Lipinski definition) is 3. The number of rotatable bonds is 1. The van der Waals surface area contributed by atoms with Gasteiger partial charge in [0.15, 0.2) is 0 Å². The van der Waals surface area contributed by atoms with E-state index in [2.05, 4.69) is 182 Å². The second kappa shape index (κ2) is 11.1. The van der Waals surface area contributed by atoms with Gasteiger partial charge >= 0.3 is 0 Å². The standard InChI is InChI=1S/C54H52BN3O2/c1-51(2,3)29-13-17-33(18-14-29)56-41-20-16-31(53(7,8)9)27-38(41)55-39-28-32(54(10,11)12)26-37-36-25-30(52(4,5)6)15-19-40(36)57(45(37)39)48-43-35-22-24-60-50(35)58-46(43)42(47(56)44(48)55)34-21-23-59-49(34)58/h13-28H,1-12H3. The zero-order chi connectivity index (χ0) is 41.7. The molecule has 7 heterocycles. The molecule has 0 saturated heterocycles. The summed E-state index contributed by atoms with van der Waals surface area (Å²) >= 11 is 0. The van der Waals surface area contributed by atoms with Crippen molar-refractivity contribution in [2.45, 2.75) is 105 Å². The summed E-state index contributed by atoms with van der Waals surface area (Å²) < 4.78 is 17.8. The molecule has 2 aliphatic rings. The minimum absolute atomic E-state index is 0.00400. The highest BCUT2D eigenvalue weighted by atomic mass is 16.4. The summed E-state index contributed by atoms with van der Waals surface area (Å²) in [4.78, 5) is 2.58. The smallest absolute Gasteiger partial charge is 0.252 e. The lowest BCUT2D eigenvalue weighted by atomic mass is 9.33. The van der Waals surface area contributed by atoms with Crippen molar-refractivity contribution in [2.24, 2.45) is 0 Å². The second-order valence-corrected chi connectivity index (χ2v) is 21.9. The van der Waals surface area contributed by atoms with Crippen molar-refractivity contribution < 1.29 is 8.83 Å². The molecule has 0 unspecified atom stereocenters. The Balaban J connectivity index is 1.36. The SMILES string of the molecule is CC(C)(C)c1ccc(N2c3ccc(C(C)(C)C)cc3B3c4c2c2c5ccoc5n5c6occc6c(c4-n4c6ccc(C(C)(C)C)cc6c6cc(C(C)(C)C)cc3c64)c25)cc1. The summed E-state index contributed by atoms with van der Waals surface area (Å²) in [5, 5.41) is 7.25. The van der Waals surface area contributed by atoms with E-state index < -0.39 is 0 Å². The Morgan fingerprint density at radius 1 is 0.467 bits per heavy atom. The van der Waals surface area contributed by atoms with Crippen molar-refractivity contribution in [1.82, 2.24) is 8.97 Å². The van der Waals surface area contributed by atoms with Gasteiger partial charge in [-0.05, 0) is 109 Å². The third kappa shape index (κ3) is 4.49. The lowest BCUT2D eigenvalue weighted by Crippen LogP contribution is -2.61. The average Bonchev–Trinajstić information content (AvgIpc) is 4.00. The van der Waals surface area contributed by atoms with Gasteiger partial charge in [-0.25, -0.2) is 4.40 Å².